The highest BCUT2D eigenvalue weighted by molar-refractivity contribution is 5.90. The van der Waals surface area contributed by atoms with E-state index in [2.05, 4.69) is 138 Å². The molecule has 0 fully saturated rings. The minimum atomic E-state index is -0.496. The van der Waals surface area contributed by atoms with Gasteiger partial charge in [-0.3, -0.25) is 0 Å². The van der Waals surface area contributed by atoms with Gasteiger partial charge in [-0.15, -0.1) is 0 Å². The highest BCUT2D eigenvalue weighted by Gasteiger charge is 2.47. The minimum absolute atomic E-state index is 0.496. The third-order valence-electron chi connectivity index (χ3n) is 9.04. The zero-order valence-electron chi connectivity index (χ0n) is 23.8. The Morgan fingerprint density at radius 2 is 1.05 bits per heavy atom. The molecule has 0 atom stereocenters. The third kappa shape index (κ3) is 3.50. The molecule has 0 saturated heterocycles. The predicted octanol–water partition coefficient (Wildman–Crippen LogP) is 10.6. The van der Waals surface area contributed by atoms with Gasteiger partial charge in [-0.25, -0.2) is 0 Å². The van der Waals surface area contributed by atoms with Crippen LogP contribution in [0.1, 0.15) is 22.3 Å². The third-order valence-corrected chi connectivity index (χ3v) is 9.04. The summed E-state index contributed by atoms with van der Waals surface area (Å²) in [5.74, 6) is 2.86. The first kappa shape index (κ1) is 24.8. The summed E-state index contributed by atoms with van der Waals surface area (Å²) in [6, 6.07) is 53.4. The van der Waals surface area contributed by atoms with Crippen molar-refractivity contribution in [2.45, 2.75) is 5.41 Å². The van der Waals surface area contributed by atoms with E-state index in [9.17, 15) is 0 Å². The van der Waals surface area contributed by atoms with Crippen molar-refractivity contribution in [2.24, 2.45) is 0 Å². The molecular formula is C41H27NO2. The van der Waals surface area contributed by atoms with Crippen molar-refractivity contribution in [2.75, 3.05) is 0 Å². The molecule has 9 rings (SSSR count). The van der Waals surface area contributed by atoms with E-state index < -0.39 is 5.41 Å². The van der Waals surface area contributed by atoms with Gasteiger partial charge >= 0.3 is 0 Å². The van der Waals surface area contributed by atoms with Crippen molar-refractivity contribution in [1.29, 1.82) is 0 Å². The average molecular weight is 566 g/mol. The fourth-order valence-corrected chi connectivity index (χ4v) is 7.20. The molecule has 2 heterocycles. The summed E-state index contributed by atoms with van der Waals surface area (Å²) in [5, 5.41) is 0. The number of ether oxygens (including phenoxy) is 2. The van der Waals surface area contributed by atoms with E-state index in [1.807, 2.05) is 24.4 Å². The number of aromatic nitrogens is 1. The summed E-state index contributed by atoms with van der Waals surface area (Å²) in [6.07, 6.45) is 1.95. The van der Waals surface area contributed by atoms with Crippen LogP contribution in [0.5, 0.6) is 23.0 Å². The Bertz CT molecular complexity index is 2130. The lowest BCUT2D eigenvalue weighted by Gasteiger charge is -2.34. The second-order valence-electron chi connectivity index (χ2n) is 11.3. The van der Waals surface area contributed by atoms with Crippen LogP contribution < -0.4 is 9.47 Å². The van der Waals surface area contributed by atoms with Gasteiger partial charge in [0.25, 0.3) is 0 Å². The molecule has 2 aliphatic rings. The number of rotatable bonds is 4. The van der Waals surface area contributed by atoms with E-state index in [0.717, 1.165) is 39.4 Å². The number of benzene rings is 6. The zero-order chi connectivity index (χ0) is 29.1. The molecule has 1 aliphatic carbocycles. The van der Waals surface area contributed by atoms with Crippen LogP contribution in [0.15, 0.2) is 158 Å². The molecule has 0 unspecified atom stereocenters. The van der Waals surface area contributed by atoms with E-state index in [4.69, 9.17) is 9.47 Å². The van der Waals surface area contributed by atoms with Gasteiger partial charge in [0.2, 0.25) is 0 Å². The second-order valence-corrected chi connectivity index (χ2v) is 11.3. The molecule has 6 aromatic carbocycles. The van der Waals surface area contributed by atoms with Gasteiger partial charge in [0.1, 0.15) is 0 Å². The van der Waals surface area contributed by atoms with Gasteiger partial charge in [-0.2, -0.15) is 0 Å². The monoisotopic (exact) mass is 565 g/mol. The van der Waals surface area contributed by atoms with E-state index >= 15 is 0 Å². The largest absolute Gasteiger partial charge is 0.449 e. The quantitative estimate of drug-likeness (QED) is 0.230. The smallest absolute Gasteiger partial charge is 0.177 e. The first-order valence-electron chi connectivity index (χ1n) is 14.9. The fraction of sp³-hybridized carbons (Fsp3) is 0.0244. The Balaban J connectivity index is 1.25. The molecule has 3 heteroatoms. The lowest BCUT2D eigenvalue weighted by atomic mass is 9.67. The Morgan fingerprint density at radius 1 is 0.409 bits per heavy atom. The Hall–Kier alpha value is -5.80. The summed E-state index contributed by atoms with van der Waals surface area (Å²) in [7, 11) is 0. The Labute approximate surface area is 256 Å². The van der Waals surface area contributed by atoms with Crippen LogP contribution >= 0.6 is 0 Å². The SMILES string of the molecule is c1ccc(C2(c3ccccc3)c3ccccc3-c3cc4c(cc32)Oc2cccc(-c3ccccc3-c3ccc[nH]3)c2O4)cc1. The maximum atomic E-state index is 6.82. The lowest BCUT2D eigenvalue weighted by Crippen LogP contribution is -2.28. The van der Waals surface area contributed by atoms with Crippen LogP contribution in [0.4, 0.5) is 0 Å². The Kier molecular flexibility index (Phi) is 5.41. The van der Waals surface area contributed by atoms with E-state index in [0.29, 0.717) is 11.5 Å². The van der Waals surface area contributed by atoms with Crippen LogP contribution in [0, 0.1) is 0 Å². The summed E-state index contributed by atoms with van der Waals surface area (Å²) < 4.78 is 13.5. The molecule has 1 N–H and O–H groups in total. The van der Waals surface area contributed by atoms with Gasteiger partial charge < -0.3 is 14.5 Å². The molecule has 208 valence electrons. The minimum Gasteiger partial charge on any atom is -0.449 e. The van der Waals surface area contributed by atoms with Crippen molar-refractivity contribution in [3.8, 4) is 56.5 Å². The molecule has 7 aromatic rings. The molecule has 1 aromatic heterocycles. The first-order valence-corrected chi connectivity index (χ1v) is 14.9. The predicted molar refractivity (Wildman–Crippen MR) is 176 cm³/mol. The van der Waals surface area contributed by atoms with Crippen molar-refractivity contribution < 1.29 is 9.47 Å². The summed E-state index contributed by atoms with van der Waals surface area (Å²) in [5.41, 5.74) is 11.0. The molecule has 0 saturated carbocycles. The number of hydrogen-bond donors (Lipinski definition) is 1. The summed E-state index contributed by atoms with van der Waals surface area (Å²) >= 11 is 0. The highest BCUT2D eigenvalue weighted by Crippen LogP contribution is 2.60. The molecule has 3 nitrogen and oxygen atoms in total. The zero-order valence-corrected chi connectivity index (χ0v) is 23.8. The van der Waals surface area contributed by atoms with Gasteiger partial charge in [0, 0.05) is 23.0 Å². The first-order chi connectivity index (χ1) is 21.8. The van der Waals surface area contributed by atoms with E-state index in [1.54, 1.807) is 0 Å². The van der Waals surface area contributed by atoms with Crippen LogP contribution in [-0.2, 0) is 5.41 Å². The number of H-pyrrole nitrogens is 1. The van der Waals surface area contributed by atoms with E-state index in [-0.39, 0.29) is 0 Å². The molecule has 0 amide bonds. The number of para-hydroxylation sites is 1. The number of nitrogens with one attached hydrogen (secondary N) is 1. The van der Waals surface area contributed by atoms with Crippen molar-refractivity contribution >= 4 is 0 Å². The molecule has 0 spiro atoms. The normalized spacial score (nSPS) is 13.5. The second kappa shape index (κ2) is 9.62. The lowest BCUT2D eigenvalue weighted by molar-refractivity contribution is 0.360. The topological polar surface area (TPSA) is 34.2 Å². The maximum Gasteiger partial charge on any atom is 0.177 e. The van der Waals surface area contributed by atoms with Crippen LogP contribution in [0.25, 0.3) is 33.5 Å². The molecule has 0 bridgehead atoms. The van der Waals surface area contributed by atoms with Gasteiger partial charge in [0.05, 0.1) is 5.41 Å². The standard InChI is InChI=1S/C41H27NO2/c1-3-13-27(14-4-1)41(28-15-5-2-6-16-28)34-21-10-9-18-30(34)33-25-38-39(26-35(33)41)43-37-23-11-20-32(40(37)44-38)29-17-7-8-19-31(29)36-22-12-24-42-36/h1-26,42H. The van der Waals surface area contributed by atoms with Crippen molar-refractivity contribution in [3.63, 3.8) is 0 Å². The van der Waals surface area contributed by atoms with Gasteiger partial charge in [0.15, 0.2) is 23.0 Å². The van der Waals surface area contributed by atoms with Crippen molar-refractivity contribution in [3.05, 3.63) is 180 Å². The average Bonchev–Trinajstić information content (AvgIpc) is 3.73. The molecule has 44 heavy (non-hydrogen) atoms. The van der Waals surface area contributed by atoms with Crippen LogP contribution in [-0.4, -0.2) is 4.98 Å². The fourth-order valence-electron chi connectivity index (χ4n) is 7.20. The summed E-state index contributed by atoms with van der Waals surface area (Å²) in [4.78, 5) is 3.36. The number of aromatic amines is 1. The Morgan fingerprint density at radius 3 is 1.77 bits per heavy atom. The molecule has 1 aliphatic heterocycles. The van der Waals surface area contributed by atoms with Gasteiger partial charge in [-0.1, -0.05) is 121 Å². The van der Waals surface area contributed by atoms with Gasteiger partial charge in [-0.05, 0) is 69.3 Å². The van der Waals surface area contributed by atoms with Crippen LogP contribution in [0.3, 0.4) is 0 Å². The van der Waals surface area contributed by atoms with E-state index in [1.165, 1.54) is 27.8 Å². The van der Waals surface area contributed by atoms with Crippen LogP contribution in [0.2, 0.25) is 0 Å². The number of fused-ring (bicyclic) bond motifs is 5. The highest BCUT2D eigenvalue weighted by atomic mass is 16.6. The number of hydrogen-bond acceptors (Lipinski definition) is 2. The molecular weight excluding hydrogens is 538 g/mol. The van der Waals surface area contributed by atoms with Crippen molar-refractivity contribution in [1.82, 2.24) is 4.98 Å². The molecule has 0 radical (unpaired) electrons. The summed E-state index contributed by atoms with van der Waals surface area (Å²) in [6.45, 7) is 0. The maximum absolute atomic E-state index is 6.82.